The van der Waals surface area contributed by atoms with Crippen molar-refractivity contribution in [2.45, 2.75) is 46.0 Å². The Morgan fingerprint density at radius 1 is 1.32 bits per heavy atom. The van der Waals surface area contributed by atoms with E-state index in [0.29, 0.717) is 12.2 Å². The maximum Gasteiger partial charge on any atom is 0.336 e. The summed E-state index contributed by atoms with van der Waals surface area (Å²) >= 11 is 0. The number of hydrogen-bond donors (Lipinski definition) is 1. The van der Waals surface area contributed by atoms with Crippen molar-refractivity contribution in [2.75, 3.05) is 6.61 Å². The molecule has 1 aromatic rings. The minimum atomic E-state index is -0.939. The first-order valence-electron chi connectivity index (χ1n) is 6.65. The molecule has 0 fully saturated rings. The van der Waals surface area contributed by atoms with Crippen molar-refractivity contribution in [1.29, 1.82) is 0 Å². The molecule has 1 rings (SSSR count). The topological polar surface area (TPSA) is 55.8 Å². The predicted octanol–water partition coefficient (Wildman–Crippen LogP) is 3.63. The summed E-state index contributed by atoms with van der Waals surface area (Å²) in [5.41, 5.74) is 0.941. The van der Waals surface area contributed by atoms with Gasteiger partial charge in [0.1, 0.15) is 0 Å². The summed E-state index contributed by atoms with van der Waals surface area (Å²) in [6.07, 6.45) is 1.41. The lowest BCUT2D eigenvalue weighted by Gasteiger charge is -2.21. The smallest absolute Gasteiger partial charge is 0.336 e. The molecule has 0 aliphatic heterocycles. The van der Waals surface area contributed by atoms with Crippen molar-refractivity contribution in [3.05, 3.63) is 35.4 Å². The van der Waals surface area contributed by atoms with Gasteiger partial charge in [-0.3, -0.25) is 0 Å². The van der Waals surface area contributed by atoms with Crippen LogP contribution >= 0.6 is 0 Å². The number of hydrogen-bond acceptors (Lipinski definition) is 3. The maximum absolute atomic E-state index is 11.1. The summed E-state index contributed by atoms with van der Waals surface area (Å²) in [5, 5.41) is 9.14. The molecule has 2 atom stereocenters. The minimum absolute atomic E-state index is 0.274. The summed E-state index contributed by atoms with van der Waals surface area (Å²) < 4.78 is 11.2. The zero-order valence-electron chi connectivity index (χ0n) is 11.8. The van der Waals surface area contributed by atoms with Gasteiger partial charge in [0, 0.05) is 6.61 Å². The average Bonchev–Trinajstić information content (AvgIpc) is 2.39. The van der Waals surface area contributed by atoms with E-state index in [4.69, 9.17) is 14.6 Å². The zero-order chi connectivity index (χ0) is 14.3. The van der Waals surface area contributed by atoms with E-state index < -0.39 is 5.97 Å². The molecule has 106 valence electrons. The van der Waals surface area contributed by atoms with E-state index in [2.05, 4.69) is 6.92 Å². The van der Waals surface area contributed by atoms with Gasteiger partial charge in [0.05, 0.1) is 11.7 Å². The van der Waals surface area contributed by atoms with E-state index in [1.807, 2.05) is 19.9 Å². The number of aromatic carboxylic acids is 1. The van der Waals surface area contributed by atoms with Crippen LogP contribution in [-0.2, 0) is 9.47 Å². The van der Waals surface area contributed by atoms with E-state index in [-0.39, 0.29) is 18.0 Å². The molecule has 0 saturated carbocycles. The van der Waals surface area contributed by atoms with Crippen molar-refractivity contribution >= 4 is 5.97 Å². The Balaban J connectivity index is 2.62. The number of carbonyl (C=O) groups is 1. The van der Waals surface area contributed by atoms with Gasteiger partial charge in [-0.15, -0.1) is 0 Å². The molecule has 2 unspecified atom stereocenters. The zero-order valence-corrected chi connectivity index (χ0v) is 11.8. The van der Waals surface area contributed by atoms with Crippen molar-refractivity contribution < 1.29 is 19.4 Å². The van der Waals surface area contributed by atoms with Crippen LogP contribution in [0.5, 0.6) is 0 Å². The molecular weight excluding hydrogens is 244 g/mol. The lowest BCUT2D eigenvalue weighted by molar-refractivity contribution is -0.158. The third kappa shape index (κ3) is 5.01. The van der Waals surface area contributed by atoms with E-state index >= 15 is 0 Å². The first kappa shape index (κ1) is 15.7. The van der Waals surface area contributed by atoms with E-state index in [1.54, 1.807) is 18.2 Å². The number of ether oxygens (including phenoxy) is 2. The fourth-order valence-electron chi connectivity index (χ4n) is 1.84. The standard InChI is InChI=1S/C15H22O4/c1-4-5-10-18-12(3)19-11(2)13-8-6-7-9-14(13)15(16)17/h6-9,11-12H,4-5,10H2,1-3H3,(H,16,17). The van der Waals surface area contributed by atoms with Gasteiger partial charge >= 0.3 is 5.97 Å². The lowest BCUT2D eigenvalue weighted by Crippen LogP contribution is -2.17. The van der Waals surface area contributed by atoms with Crippen LogP contribution in [-0.4, -0.2) is 24.0 Å². The van der Waals surface area contributed by atoms with Crippen molar-refractivity contribution in [3.8, 4) is 0 Å². The predicted molar refractivity (Wildman–Crippen MR) is 73.2 cm³/mol. The summed E-state index contributed by atoms with van der Waals surface area (Å²) in [6.45, 7) is 6.42. The summed E-state index contributed by atoms with van der Waals surface area (Å²) in [6, 6.07) is 6.87. The third-order valence-corrected chi connectivity index (χ3v) is 2.88. The van der Waals surface area contributed by atoms with Gasteiger partial charge in [0.2, 0.25) is 0 Å². The van der Waals surface area contributed by atoms with E-state index in [9.17, 15) is 4.79 Å². The van der Waals surface area contributed by atoms with Gasteiger partial charge in [-0.05, 0) is 31.9 Å². The van der Waals surface area contributed by atoms with Crippen LogP contribution in [0.4, 0.5) is 0 Å². The Morgan fingerprint density at radius 2 is 2.00 bits per heavy atom. The number of rotatable bonds is 8. The van der Waals surface area contributed by atoms with Crippen molar-refractivity contribution in [2.24, 2.45) is 0 Å². The molecule has 19 heavy (non-hydrogen) atoms. The lowest BCUT2D eigenvalue weighted by atomic mass is 10.0. The largest absolute Gasteiger partial charge is 0.478 e. The van der Waals surface area contributed by atoms with Crippen LogP contribution in [0.25, 0.3) is 0 Å². The average molecular weight is 266 g/mol. The monoisotopic (exact) mass is 266 g/mol. The van der Waals surface area contributed by atoms with Crippen LogP contribution in [0, 0.1) is 0 Å². The Labute approximate surface area is 114 Å². The van der Waals surface area contributed by atoms with Gasteiger partial charge in [-0.25, -0.2) is 4.79 Å². The molecule has 4 nitrogen and oxygen atoms in total. The molecule has 0 radical (unpaired) electrons. The second-order valence-electron chi connectivity index (χ2n) is 4.46. The SMILES string of the molecule is CCCCOC(C)OC(C)c1ccccc1C(=O)O. The normalized spacial score (nSPS) is 14.1. The second kappa shape index (κ2) is 7.92. The summed E-state index contributed by atoms with van der Waals surface area (Å²) in [7, 11) is 0. The minimum Gasteiger partial charge on any atom is -0.478 e. The molecular formula is C15H22O4. The molecule has 0 amide bonds. The highest BCUT2D eigenvalue weighted by atomic mass is 16.7. The molecule has 1 N–H and O–H groups in total. The highest BCUT2D eigenvalue weighted by Crippen LogP contribution is 2.22. The highest BCUT2D eigenvalue weighted by molar-refractivity contribution is 5.89. The van der Waals surface area contributed by atoms with Gasteiger partial charge in [0.25, 0.3) is 0 Å². The number of benzene rings is 1. The summed E-state index contributed by atoms with van der Waals surface area (Å²) in [4.78, 5) is 11.1. The van der Waals surface area contributed by atoms with Crippen LogP contribution in [0.15, 0.2) is 24.3 Å². The molecule has 4 heteroatoms. The number of carboxylic acid groups (broad SMARTS) is 1. The Bertz CT molecular complexity index is 403. The van der Waals surface area contributed by atoms with Crippen molar-refractivity contribution in [1.82, 2.24) is 0 Å². The first-order valence-corrected chi connectivity index (χ1v) is 6.65. The second-order valence-corrected chi connectivity index (χ2v) is 4.46. The fourth-order valence-corrected chi connectivity index (χ4v) is 1.84. The van der Waals surface area contributed by atoms with Crippen LogP contribution < -0.4 is 0 Å². The van der Waals surface area contributed by atoms with Crippen LogP contribution in [0.2, 0.25) is 0 Å². The van der Waals surface area contributed by atoms with Crippen LogP contribution in [0.1, 0.15) is 55.6 Å². The van der Waals surface area contributed by atoms with Gasteiger partial charge in [0.15, 0.2) is 6.29 Å². The highest BCUT2D eigenvalue weighted by Gasteiger charge is 2.17. The number of carboxylic acids is 1. The van der Waals surface area contributed by atoms with Gasteiger partial charge < -0.3 is 14.6 Å². The van der Waals surface area contributed by atoms with Gasteiger partial charge in [-0.1, -0.05) is 31.5 Å². The Kier molecular flexibility index (Phi) is 6.53. The molecule has 0 heterocycles. The molecule has 0 bridgehead atoms. The molecule has 0 aromatic heterocycles. The fraction of sp³-hybridized carbons (Fsp3) is 0.533. The Morgan fingerprint density at radius 3 is 2.63 bits per heavy atom. The molecule has 0 saturated heterocycles. The number of unbranched alkanes of at least 4 members (excludes halogenated alkanes) is 1. The molecule has 1 aromatic carbocycles. The molecule has 0 aliphatic rings. The Hall–Kier alpha value is -1.39. The van der Waals surface area contributed by atoms with E-state index in [1.165, 1.54) is 0 Å². The van der Waals surface area contributed by atoms with E-state index in [0.717, 1.165) is 12.8 Å². The van der Waals surface area contributed by atoms with Gasteiger partial charge in [-0.2, -0.15) is 0 Å². The van der Waals surface area contributed by atoms with Crippen LogP contribution in [0.3, 0.4) is 0 Å². The third-order valence-electron chi connectivity index (χ3n) is 2.88. The first-order chi connectivity index (χ1) is 9.06. The maximum atomic E-state index is 11.1. The molecule has 0 spiro atoms. The molecule has 0 aliphatic carbocycles. The van der Waals surface area contributed by atoms with Crippen molar-refractivity contribution in [3.63, 3.8) is 0 Å². The summed E-state index contributed by atoms with van der Waals surface area (Å²) in [5.74, 6) is -0.939. The quantitative estimate of drug-likeness (QED) is 0.576.